The topological polar surface area (TPSA) is 101 Å². The molecule has 2 aliphatic rings. The Hall–Kier alpha value is -2.57. The molecule has 0 spiro atoms. The number of alkyl halides is 6. The normalized spacial score (nSPS) is 24.9. The van der Waals surface area contributed by atoms with Gasteiger partial charge in [0.25, 0.3) is 11.8 Å². The Kier molecular flexibility index (Phi) is 5.06. The van der Waals surface area contributed by atoms with Crippen LogP contribution in [0.5, 0.6) is 0 Å². The summed E-state index contributed by atoms with van der Waals surface area (Å²) in [5, 5.41) is 17.2. The summed E-state index contributed by atoms with van der Waals surface area (Å²) in [5.74, 6) is -2.07. The Bertz CT molecular complexity index is 975. The molecule has 4 heterocycles. The molecule has 4 rings (SSSR count). The van der Waals surface area contributed by atoms with E-state index >= 15 is 0 Å². The molecule has 0 amide bonds. The number of halogens is 6. The summed E-state index contributed by atoms with van der Waals surface area (Å²) in [7, 11) is 0. The molecule has 31 heavy (non-hydrogen) atoms. The van der Waals surface area contributed by atoms with Crippen LogP contribution in [0.4, 0.5) is 37.8 Å². The van der Waals surface area contributed by atoms with Crippen LogP contribution in [0.25, 0.3) is 11.6 Å². The van der Waals surface area contributed by atoms with Crippen molar-refractivity contribution in [2.24, 2.45) is 0 Å². The molecule has 0 aliphatic carbocycles. The van der Waals surface area contributed by atoms with Crippen LogP contribution in [0.1, 0.15) is 50.0 Å². The maximum Gasteiger partial charge on any atom is 0.426 e. The number of nitrogen functional groups attached to an aromatic ring is 1. The fourth-order valence-corrected chi connectivity index (χ4v) is 4.15. The zero-order valence-electron chi connectivity index (χ0n) is 16.1. The predicted octanol–water partition coefficient (Wildman–Crippen LogP) is 4.03. The SMILES string of the molecule is Nc1cc(C(F)(F)F)c2nc1-c1nnc(o1)[C@@](O)(C(F)(F)F)CCCC[C@H]1CCCN21. The fourth-order valence-electron chi connectivity index (χ4n) is 4.15. The Morgan fingerprint density at radius 2 is 1.81 bits per heavy atom. The molecule has 1 saturated heterocycles. The zero-order chi connectivity index (χ0) is 22.6. The van der Waals surface area contributed by atoms with E-state index < -0.39 is 47.4 Å². The third-order valence-corrected chi connectivity index (χ3v) is 5.76. The standard InChI is InChI=1S/C18H19F6N5O2/c19-17(20,21)10-8-11(25)12-14-27-28-15(31-14)16(30,18(22,23)24)6-2-1-4-9-5-3-7-29(9)13(10)26-12/h8-9,30H,1-7,25H2/t9-,16+/m0/s1. The summed E-state index contributed by atoms with van der Waals surface area (Å²) in [6.07, 6.45) is -8.82. The van der Waals surface area contributed by atoms with Crippen molar-refractivity contribution < 1.29 is 35.9 Å². The van der Waals surface area contributed by atoms with Gasteiger partial charge in [-0.15, -0.1) is 10.2 Å². The average Bonchev–Trinajstić information content (AvgIpc) is 3.32. The first-order valence-electron chi connectivity index (χ1n) is 9.69. The van der Waals surface area contributed by atoms with E-state index in [0.717, 1.165) is 0 Å². The van der Waals surface area contributed by atoms with Crippen LogP contribution < -0.4 is 10.6 Å². The van der Waals surface area contributed by atoms with Crippen molar-refractivity contribution in [2.75, 3.05) is 17.2 Å². The van der Waals surface area contributed by atoms with Gasteiger partial charge < -0.3 is 20.2 Å². The summed E-state index contributed by atoms with van der Waals surface area (Å²) in [5.41, 5.74) is 0.473. The molecule has 2 aromatic heterocycles. The predicted molar refractivity (Wildman–Crippen MR) is 95.7 cm³/mol. The van der Waals surface area contributed by atoms with E-state index in [9.17, 15) is 31.4 Å². The van der Waals surface area contributed by atoms with Gasteiger partial charge in [0.2, 0.25) is 5.60 Å². The molecule has 0 saturated carbocycles. The molecule has 2 aliphatic heterocycles. The number of rotatable bonds is 0. The van der Waals surface area contributed by atoms with Gasteiger partial charge in [-0.3, -0.25) is 0 Å². The number of aliphatic hydroxyl groups is 1. The lowest BCUT2D eigenvalue weighted by atomic mass is 9.94. The summed E-state index contributed by atoms with van der Waals surface area (Å²) >= 11 is 0. The van der Waals surface area contributed by atoms with E-state index in [4.69, 9.17) is 10.2 Å². The van der Waals surface area contributed by atoms with Gasteiger partial charge in [0.05, 0.1) is 5.69 Å². The van der Waals surface area contributed by atoms with Crippen LogP contribution in [0, 0.1) is 0 Å². The van der Waals surface area contributed by atoms with Crippen molar-refractivity contribution in [2.45, 2.75) is 62.5 Å². The molecule has 3 N–H and O–H groups in total. The summed E-state index contributed by atoms with van der Waals surface area (Å²) < 4.78 is 87.1. The molecule has 1 fully saturated rings. The van der Waals surface area contributed by atoms with Gasteiger partial charge in [0, 0.05) is 12.6 Å². The van der Waals surface area contributed by atoms with E-state index in [-0.39, 0.29) is 30.4 Å². The molecule has 13 heteroatoms. The first-order valence-corrected chi connectivity index (χ1v) is 9.69. The minimum atomic E-state index is -5.10. The van der Waals surface area contributed by atoms with Crippen molar-refractivity contribution in [3.05, 3.63) is 17.5 Å². The molecule has 7 nitrogen and oxygen atoms in total. The second kappa shape index (κ2) is 7.24. The molecule has 2 aromatic rings. The third-order valence-electron chi connectivity index (χ3n) is 5.76. The smallest absolute Gasteiger partial charge is 0.416 e. The molecule has 0 radical (unpaired) electrons. The highest BCUT2D eigenvalue weighted by atomic mass is 19.4. The van der Waals surface area contributed by atoms with Crippen LogP contribution in [0.15, 0.2) is 10.5 Å². The Morgan fingerprint density at radius 1 is 1.10 bits per heavy atom. The van der Waals surface area contributed by atoms with Gasteiger partial charge in [0.15, 0.2) is 5.69 Å². The quantitative estimate of drug-likeness (QED) is 0.584. The highest BCUT2D eigenvalue weighted by Gasteiger charge is 2.58. The molecule has 2 atom stereocenters. The average molecular weight is 451 g/mol. The number of fused-ring (bicyclic) bond motifs is 7. The second-order valence-corrected chi connectivity index (χ2v) is 7.80. The van der Waals surface area contributed by atoms with E-state index in [1.54, 1.807) is 0 Å². The van der Waals surface area contributed by atoms with Gasteiger partial charge in [-0.05, 0) is 38.2 Å². The molecule has 170 valence electrons. The Morgan fingerprint density at radius 3 is 2.48 bits per heavy atom. The number of pyridine rings is 1. The maximum absolute atomic E-state index is 13.7. The lowest BCUT2D eigenvalue weighted by molar-refractivity contribution is -0.277. The number of nitrogens with two attached hydrogens (primary N) is 1. The summed E-state index contributed by atoms with van der Waals surface area (Å²) in [4.78, 5) is 5.53. The molecular formula is C18H19F6N5O2. The lowest BCUT2D eigenvalue weighted by Crippen LogP contribution is -2.42. The number of nitrogens with zero attached hydrogens (tertiary/aromatic N) is 4. The Labute approximate surface area is 172 Å². The third kappa shape index (κ3) is 3.68. The van der Waals surface area contributed by atoms with Crippen molar-refractivity contribution in [3.63, 3.8) is 0 Å². The summed E-state index contributed by atoms with van der Waals surface area (Å²) in [6, 6.07) is 0.342. The summed E-state index contributed by atoms with van der Waals surface area (Å²) in [6.45, 7) is 0.311. The fraction of sp³-hybridized carbons (Fsp3) is 0.611. The molecular weight excluding hydrogens is 432 g/mol. The van der Waals surface area contributed by atoms with Crippen molar-refractivity contribution in [1.29, 1.82) is 0 Å². The maximum atomic E-state index is 13.7. The highest BCUT2D eigenvalue weighted by Crippen LogP contribution is 2.45. The monoisotopic (exact) mass is 451 g/mol. The highest BCUT2D eigenvalue weighted by molar-refractivity contribution is 5.71. The van der Waals surface area contributed by atoms with E-state index in [1.807, 2.05) is 0 Å². The minimum Gasteiger partial charge on any atom is -0.416 e. The van der Waals surface area contributed by atoms with Gasteiger partial charge in [0.1, 0.15) is 11.4 Å². The minimum absolute atomic E-state index is 0.0443. The van der Waals surface area contributed by atoms with Crippen LogP contribution in [-0.4, -0.2) is 39.1 Å². The molecule has 0 unspecified atom stereocenters. The number of hydrogen-bond acceptors (Lipinski definition) is 7. The zero-order valence-corrected chi connectivity index (χ0v) is 16.1. The Balaban J connectivity index is 1.91. The number of aromatic nitrogens is 3. The van der Waals surface area contributed by atoms with Crippen LogP contribution in [0.3, 0.4) is 0 Å². The van der Waals surface area contributed by atoms with E-state index in [2.05, 4.69) is 15.2 Å². The first-order chi connectivity index (χ1) is 14.4. The van der Waals surface area contributed by atoms with Crippen LogP contribution in [0.2, 0.25) is 0 Å². The first kappa shape index (κ1) is 21.7. The van der Waals surface area contributed by atoms with Crippen molar-refractivity contribution >= 4 is 11.5 Å². The second-order valence-electron chi connectivity index (χ2n) is 7.80. The van der Waals surface area contributed by atoms with Gasteiger partial charge in [-0.25, -0.2) is 4.98 Å². The van der Waals surface area contributed by atoms with Crippen molar-refractivity contribution in [1.82, 2.24) is 15.2 Å². The largest absolute Gasteiger partial charge is 0.426 e. The molecule has 4 bridgehead atoms. The van der Waals surface area contributed by atoms with Crippen molar-refractivity contribution in [3.8, 4) is 11.6 Å². The number of anilines is 2. The van der Waals surface area contributed by atoms with Gasteiger partial charge in [-0.2, -0.15) is 26.3 Å². The lowest BCUT2D eigenvalue weighted by Gasteiger charge is -2.29. The van der Waals surface area contributed by atoms with Gasteiger partial charge >= 0.3 is 12.4 Å². The van der Waals surface area contributed by atoms with E-state index in [1.165, 1.54) is 4.90 Å². The van der Waals surface area contributed by atoms with Gasteiger partial charge in [-0.1, -0.05) is 6.42 Å². The van der Waals surface area contributed by atoms with E-state index in [0.29, 0.717) is 31.9 Å². The van der Waals surface area contributed by atoms with Crippen LogP contribution >= 0.6 is 0 Å². The number of hydrogen-bond donors (Lipinski definition) is 2. The molecule has 0 aromatic carbocycles. The van der Waals surface area contributed by atoms with Crippen LogP contribution in [-0.2, 0) is 11.8 Å².